The minimum absolute atomic E-state index is 0.605. The Labute approximate surface area is 676 Å². The molecule has 2 aliphatic rings. The number of hydrogen-bond donors (Lipinski definition) is 0. The molecule has 0 aliphatic heterocycles. The Morgan fingerprint density at radius 3 is 1.03 bits per heavy atom. The summed E-state index contributed by atoms with van der Waals surface area (Å²) in [5, 5.41) is 9.33. The highest BCUT2D eigenvalue weighted by molar-refractivity contribution is 6.08. The van der Waals surface area contributed by atoms with E-state index in [-0.39, 0.29) is 0 Å². The zero-order valence-electron chi connectivity index (χ0n) is 63.8. The molecule has 0 radical (unpaired) electrons. The topological polar surface area (TPSA) is 6.48 Å². The van der Waals surface area contributed by atoms with Crippen LogP contribution in [0.5, 0.6) is 0 Å². The largest absolute Gasteiger partial charge is 0.309 e. The number of rotatable bonds is 15. The van der Waals surface area contributed by atoms with Crippen molar-refractivity contribution in [3.63, 3.8) is 0 Å². The van der Waals surface area contributed by atoms with Gasteiger partial charge in [-0.3, -0.25) is 0 Å². The molecular weight excluding hydrogens is 1400 g/mol. The predicted octanol–water partition coefficient (Wildman–Crippen LogP) is 30.3. The summed E-state index contributed by atoms with van der Waals surface area (Å²) in [5.41, 5.74) is 31.8. The minimum Gasteiger partial charge on any atom is -0.309 e. The third kappa shape index (κ3) is 10.9. The van der Waals surface area contributed by atoms with E-state index in [9.17, 15) is 0 Å². The van der Waals surface area contributed by atoms with Crippen LogP contribution < -0.4 is 9.80 Å². The average Bonchev–Trinajstić information content (AvgIpc) is 1.54. The van der Waals surface area contributed by atoms with E-state index in [2.05, 4.69) is 471 Å². The first-order valence-electron chi connectivity index (χ1n) is 40.3. The molecule has 116 heavy (non-hydrogen) atoms. The van der Waals surface area contributed by atoms with E-state index in [1.807, 2.05) is 0 Å². The van der Waals surface area contributed by atoms with Crippen LogP contribution in [-0.2, 0) is 10.8 Å². The van der Waals surface area contributed by atoms with Gasteiger partial charge in [0.05, 0.1) is 33.6 Å². The molecule has 0 saturated carbocycles. The lowest BCUT2D eigenvalue weighted by Gasteiger charge is -2.35. The molecule has 0 amide bonds. The van der Waals surface area contributed by atoms with Gasteiger partial charge in [-0.05, 0) is 216 Å². The van der Waals surface area contributed by atoms with Crippen molar-refractivity contribution in [2.24, 2.45) is 0 Å². The van der Waals surface area contributed by atoms with E-state index in [1.54, 1.807) is 0 Å². The standard InChI is InChI=1S/C114H76N2/c1-6-31-78(32-7-1)95-46-18-20-48-97(95)86-64-62-84-75-93(69-66-82(84)72-86)115(107-57-27-36-80-35-16-17-50-99(80)107)110-60-30-56-106-112(110)102-52-23-25-54-104(102)114(106,91-43-14-5-15-44-91)92-45-26-37-81(74-92)83-67-70-100-85(71-83)38-28-58-108(100)116(94-68-65-77-61-63-87(73-88(77)76-94)98-49-21-19-47-96(98)79-33-8-2-9-34-79)109-59-29-55-105-111(109)101-51-22-24-53-103(101)113(105,89-39-10-3-11-40-89)90-41-12-4-13-42-90/h1-76H. The van der Waals surface area contributed by atoms with E-state index < -0.39 is 10.8 Å². The molecule has 0 fully saturated rings. The van der Waals surface area contributed by atoms with Crippen LogP contribution in [0.4, 0.5) is 34.1 Å². The summed E-state index contributed by atoms with van der Waals surface area (Å²) in [6.07, 6.45) is 0. The molecule has 0 aromatic heterocycles. The highest BCUT2D eigenvalue weighted by Gasteiger charge is 2.49. The SMILES string of the molecule is c1ccc(-c2ccccc2-c2ccc3cc(N(c4cccc5c4-c4ccccc4C5(c4ccccc4)c4cccc(-c5ccc6c(N(c7ccc8ccc(-c9ccccc9-c9ccccc9)cc8c7)c7cccc8c7-c7ccccc7C8(c7ccccc7)c7ccccc7)cccc6c5)c4)c4cccc5ccccc45)ccc3c2)cc1. The lowest BCUT2D eigenvalue weighted by Crippen LogP contribution is -2.28. The number of nitrogens with zero attached hydrogens (tertiary/aromatic N) is 2. The van der Waals surface area contributed by atoms with Gasteiger partial charge in [-0.1, -0.05) is 388 Å². The van der Waals surface area contributed by atoms with Crippen LogP contribution >= 0.6 is 0 Å². The van der Waals surface area contributed by atoms with Crippen molar-refractivity contribution in [3.8, 4) is 77.9 Å². The van der Waals surface area contributed by atoms with Crippen molar-refractivity contribution < 1.29 is 0 Å². The maximum absolute atomic E-state index is 2.56. The molecule has 20 aromatic rings. The summed E-state index contributed by atoms with van der Waals surface area (Å²) < 4.78 is 0. The molecular formula is C114H76N2. The van der Waals surface area contributed by atoms with Crippen molar-refractivity contribution >= 4 is 77.2 Å². The Balaban J connectivity index is 0.705. The molecule has 2 heteroatoms. The summed E-state index contributed by atoms with van der Waals surface area (Å²) >= 11 is 0. The van der Waals surface area contributed by atoms with E-state index >= 15 is 0 Å². The van der Waals surface area contributed by atoms with Gasteiger partial charge >= 0.3 is 0 Å². The minimum atomic E-state index is -0.733. The van der Waals surface area contributed by atoms with E-state index in [1.165, 1.54) is 138 Å². The van der Waals surface area contributed by atoms with Crippen LogP contribution in [-0.4, -0.2) is 0 Å². The summed E-state index contributed by atoms with van der Waals surface area (Å²) in [5.74, 6) is 0. The molecule has 1 unspecified atom stereocenters. The van der Waals surface area contributed by atoms with Gasteiger partial charge in [-0.2, -0.15) is 0 Å². The molecule has 22 rings (SSSR count). The molecule has 0 heterocycles. The fraction of sp³-hybridized carbons (Fsp3) is 0.0175. The molecule has 2 aliphatic carbocycles. The van der Waals surface area contributed by atoms with Gasteiger partial charge in [-0.25, -0.2) is 0 Å². The van der Waals surface area contributed by atoms with E-state index in [0.29, 0.717) is 0 Å². The number of hydrogen-bond acceptors (Lipinski definition) is 2. The quantitative estimate of drug-likeness (QED) is 0.101. The molecule has 0 bridgehead atoms. The highest BCUT2D eigenvalue weighted by atomic mass is 15.2. The summed E-state index contributed by atoms with van der Waals surface area (Å²) in [6, 6.07) is 172. The zero-order valence-corrected chi connectivity index (χ0v) is 63.8. The number of fused-ring (bicyclic) bond motifs is 10. The first-order chi connectivity index (χ1) is 57.5. The maximum atomic E-state index is 2.56. The van der Waals surface area contributed by atoms with Gasteiger partial charge in [0, 0.05) is 33.3 Å². The number of benzene rings is 20. The number of anilines is 6. The molecule has 0 N–H and O–H groups in total. The van der Waals surface area contributed by atoms with Crippen LogP contribution in [0.3, 0.4) is 0 Å². The third-order valence-electron chi connectivity index (χ3n) is 24.7. The summed E-state index contributed by atoms with van der Waals surface area (Å²) in [6.45, 7) is 0. The van der Waals surface area contributed by atoms with Crippen molar-refractivity contribution in [2.75, 3.05) is 9.80 Å². The van der Waals surface area contributed by atoms with E-state index in [0.717, 1.165) is 61.4 Å². The van der Waals surface area contributed by atoms with Crippen molar-refractivity contribution in [3.05, 3.63) is 506 Å². The Kier molecular flexibility index (Phi) is 16.4. The molecule has 0 spiro atoms. The van der Waals surface area contributed by atoms with Crippen LogP contribution in [0.25, 0.3) is 121 Å². The van der Waals surface area contributed by atoms with Gasteiger partial charge in [0.2, 0.25) is 0 Å². The second-order valence-electron chi connectivity index (χ2n) is 30.9. The molecule has 20 aromatic carbocycles. The first-order valence-corrected chi connectivity index (χ1v) is 40.3. The Bertz CT molecular complexity index is 7170. The highest BCUT2D eigenvalue weighted by Crippen LogP contribution is 2.63. The van der Waals surface area contributed by atoms with Gasteiger partial charge in [0.15, 0.2) is 0 Å². The summed E-state index contributed by atoms with van der Waals surface area (Å²) in [4.78, 5) is 5.10. The van der Waals surface area contributed by atoms with Gasteiger partial charge in [-0.15, -0.1) is 0 Å². The van der Waals surface area contributed by atoms with Crippen LogP contribution in [0, 0.1) is 0 Å². The normalized spacial score (nSPS) is 13.6. The Hall–Kier alpha value is -15.0. The average molecular weight is 1470 g/mol. The van der Waals surface area contributed by atoms with Crippen LogP contribution in [0.15, 0.2) is 461 Å². The predicted molar refractivity (Wildman–Crippen MR) is 488 cm³/mol. The first kappa shape index (κ1) is 67.9. The van der Waals surface area contributed by atoms with Crippen molar-refractivity contribution in [2.45, 2.75) is 10.8 Å². The molecule has 0 saturated heterocycles. The fourth-order valence-corrected chi connectivity index (χ4v) is 19.7. The summed E-state index contributed by atoms with van der Waals surface area (Å²) in [7, 11) is 0. The lowest BCUT2D eigenvalue weighted by atomic mass is 9.67. The smallest absolute Gasteiger partial charge is 0.0714 e. The fourth-order valence-electron chi connectivity index (χ4n) is 19.7. The lowest BCUT2D eigenvalue weighted by molar-refractivity contribution is 0.768. The van der Waals surface area contributed by atoms with Crippen molar-refractivity contribution in [1.82, 2.24) is 0 Å². The van der Waals surface area contributed by atoms with Crippen molar-refractivity contribution in [1.29, 1.82) is 0 Å². The monoisotopic (exact) mass is 1470 g/mol. The van der Waals surface area contributed by atoms with Crippen LogP contribution in [0.2, 0.25) is 0 Å². The molecule has 1 atom stereocenters. The third-order valence-corrected chi connectivity index (χ3v) is 24.7. The Morgan fingerprint density at radius 2 is 0.483 bits per heavy atom. The zero-order chi connectivity index (χ0) is 76.7. The van der Waals surface area contributed by atoms with E-state index in [4.69, 9.17) is 0 Å². The maximum Gasteiger partial charge on any atom is 0.0714 e. The Morgan fingerprint density at radius 1 is 0.155 bits per heavy atom. The van der Waals surface area contributed by atoms with Gasteiger partial charge in [0.25, 0.3) is 0 Å². The second kappa shape index (κ2) is 28.0. The van der Waals surface area contributed by atoms with Gasteiger partial charge < -0.3 is 9.80 Å². The second-order valence-corrected chi connectivity index (χ2v) is 30.9. The molecule has 542 valence electrons. The van der Waals surface area contributed by atoms with Gasteiger partial charge in [0.1, 0.15) is 0 Å². The molecule has 2 nitrogen and oxygen atoms in total. The van der Waals surface area contributed by atoms with Crippen LogP contribution in [0.1, 0.15) is 44.5 Å².